The van der Waals surface area contributed by atoms with Crippen LogP contribution in [0.5, 0.6) is 0 Å². The van der Waals surface area contributed by atoms with E-state index in [9.17, 15) is 0 Å². The molecular formula is C8H17NS. The van der Waals surface area contributed by atoms with Crippen LogP contribution in [0.4, 0.5) is 0 Å². The third kappa shape index (κ3) is 2.93. The lowest BCUT2D eigenvalue weighted by molar-refractivity contribution is 0.232. The average molecular weight is 159 g/mol. The molecule has 1 rings (SSSR count). The molecule has 1 aliphatic rings. The fourth-order valence-corrected chi connectivity index (χ4v) is 1.75. The summed E-state index contributed by atoms with van der Waals surface area (Å²) >= 11 is 4.37. The Hall–Kier alpha value is 0.310. The average Bonchev–Trinajstić information content (AvgIpc) is 1.88. The third-order valence-corrected chi connectivity index (χ3v) is 2.13. The van der Waals surface area contributed by atoms with Gasteiger partial charge >= 0.3 is 0 Å². The Bertz CT molecular complexity index is 87.3. The normalized spacial score (nSPS) is 24.6. The number of likely N-dealkylation sites (tertiary alicyclic amines) is 1. The summed E-state index contributed by atoms with van der Waals surface area (Å²) in [6.45, 7) is 5.93. The molecule has 10 heavy (non-hydrogen) atoms. The van der Waals surface area contributed by atoms with Gasteiger partial charge in [-0.1, -0.05) is 13.3 Å². The minimum atomic E-state index is 0.540. The van der Waals surface area contributed by atoms with Gasteiger partial charge in [-0.05, 0) is 25.9 Å². The van der Waals surface area contributed by atoms with Crippen LogP contribution in [0.15, 0.2) is 0 Å². The lowest BCUT2D eigenvalue weighted by atomic mass is 10.1. The van der Waals surface area contributed by atoms with Crippen LogP contribution in [0.25, 0.3) is 0 Å². The second-order valence-electron chi connectivity index (χ2n) is 3.21. The Morgan fingerprint density at radius 2 is 1.90 bits per heavy atom. The first kappa shape index (κ1) is 8.41. The van der Waals surface area contributed by atoms with Crippen molar-refractivity contribution in [2.45, 2.75) is 31.4 Å². The fraction of sp³-hybridized carbons (Fsp3) is 1.00. The first-order valence-electron chi connectivity index (χ1n) is 4.19. The van der Waals surface area contributed by atoms with E-state index in [0.717, 1.165) is 0 Å². The molecule has 0 bridgehead atoms. The number of hydrogen-bond acceptors (Lipinski definition) is 2. The zero-order valence-electron chi connectivity index (χ0n) is 6.71. The number of piperidine rings is 1. The van der Waals surface area contributed by atoms with Crippen LogP contribution < -0.4 is 0 Å². The summed E-state index contributed by atoms with van der Waals surface area (Å²) in [5, 5.41) is 0.540. The number of rotatable bonds is 2. The van der Waals surface area contributed by atoms with E-state index in [-0.39, 0.29) is 0 Å². The van der Waals surface area contributed by atoms with E-state index >= 15 is 0 Å². The standard InChI is InChI=1S/C8H17NS/c1-8(10)7-9-5-3-2-4-6-9/h8,10H,2-7H2,1H3. The molecule has 0 aromatic rings. The summed E-state index contributed by atoms with van der Waals surface area (Å²) in [4.78, 5) is 2.52. The van der Waals surface area contributed by atoms with Crippen molar-refractivity contribution in [2.75, 3.05) is 19.6 Å². The van der Waals surface area contributed by atoms with Crippen molar-refractivity contribution in [1.82, 2.24) is 4.90 Å². The molecular weight excluding hydrogens is 142 g/mol. The number of nitrogens with zero attached hydrogens (tertiary/aromatic N) is 1. The quantitative estimate of drug-likeness (QED) is 0.601. The van der Waals surface area contributed by atoms with Gasteiger partial charge < -0.3 is 4.90 Å². The third-order valence-electron chi connectivity index (χ3n) is 1.97. The molecule has 0 aromatic carbocycles. The first-order chi connectivity index (χ1) is 4.79. The lowest BCUT2D eigenvalue weighted by Crippen LogP contribution is -2.33. The van der Waals surface area contributed by atoms with E-state index in [4.69, 9.17) is 0 Å². The highest BCUT2D eigenvalue weighted by Crippen LogP contribution is 2.09. The Morgan fingerprint density at radius 3 is 2.40 bits per heavy atom. The lowest BCUT2D eigenvalue weighted by Gasteiger charge is -2.27. The predicted octanol–water partition coefficient (Wildman–Crippen LogP) is 1.79. The summed E-state index contributed by atoms with van der Waals surface area (Å²) in [5.74, 6) is 0. The monoisotopic (exact) mass is 159 g/mol. The summed E-state index contributed by atoms with van der Waals surface area (Å²) < 4.78 is 0. The highest BCUT2D eigenvalue weighted by atomic mass is 32.1. The maximum absolute atomic E-state index is 4.37. The molecule has 1 saturated heterocycles. The highest BCUT2D eigenvalue weighted by Gasteiger charge is 2.10. The zero-order chi connectivity index (χ0) is 7.40. The number of hydrogen-bond donors (Lipinski definition) is 1. The van der Waals surface area contributed by atoms with Crippen LogP contribution in [-0.2, 0) is 0 Å². The highest BCUT2D eigenvalue weighted by molar-refractivity contribution is 7.80. The van der Waals surface area contributed by atoms with Crippen molar-refractivity contribution >= 4 is 12.6 Å². The zero-order valence-corrected chi connectivity index (χ0v) is 7.61. The van der Waals surface area contributed by atoms with Gasteiger partial charge in [0.25, 0.3) is 0 Å². The fourth-order valence-electron chi connectivity index (χ4n) is 1.52. The van der Waals surface area contributed by atoms with E-state index in [1.54, 1.807) is 0 Å². The van der Waals surface area contributed by atoms with Crippen molar-refractivity contribution in [3.8, 4) is 0 Å². The Kier molecular flexibility index (Phi) is 3.57. The molecule has 2 heteroatoms. The summed E-state index contributed by atoms with van der Waals surface area (Å²) in [6.07, 6.45) is 4.21. The van der Waals surface area contributed by atoms with Gasteiger partial charge in [-0.2, -0.15) is 12.6 Å². The van der Waals surface area contributed by atoms with Gasteiger partial charge in [0.2, 0.25) is 0 Å². The van der Waals surface area contributed by atoms with Crippen molar-refractivity contribution in [3.05, 3.63) is 0 Å². The molecule has 1 unspecified atom stereocenters. The minimum absolute atomic E-state index is 0.540. The molecule has 1 heterocycles. The van der Waals surface area contributed by atoms with Gasteiger partial charge in [0, 0.05) is 11.8 Å². The van der Waals surface area contributed by atoms with Gasteiger partial charge in [0.1, 0.15) is 0 Å². The van der Waals surface area contributed by atoms with E-state index in [1.165, 1.54) is 38.9 Å². The number of thiol groups is 1. The second-order valence-corrected chi connectivity index (χ2v) is 4.09. The van der Waals surface area contributed by atoms with Crippen molar-refractivity contribution in [1.29, 1.82) is 0 Å². The van der Waals surface area contributed by atoms with Crippen LogP contribution in [0.2, 0.25) is 0 Å². The molecule has 0 aliphatic carbocycles. The summed E-state index contributed by atoms with van der Waals surface area (Å²) in [5.41, 5.74) is 0. The van der Waals surface area contributed by atoms with Gasteiger partial charge in [-0.25, -0.2) is 0 Å². The van der Waals surface area contributed by atoms with E-state index in [2.05, 4.69) is 24.5 Å². The molecule has 1 atom stereocenters. The van der Waals surface area contributed by atoms with Crippen LogP contribution in [0.3, 0.4) is 0 Å². The molecule has 60 valence electrons. The van der Waals surface area contributed by atoms with Crippen LogP contribution >= 0.6 is 12.6 Å². The molecule has 0 aromatic heterocycles. The Morgan fingerprint density at radius 1 is 1.30 bits per heavy atom. The molecule has 0 N–H and O–H groups in total. The van der Waals surface area contributed by atoms with Crippen LogP contribution in [0.1, 0.15) is 26.2 Å². The Balaban J connectivity index is 2.13. The largest absolute Gasteiger partial charge is 0.302 e. The van der Waals surface area contributed by atoms with Crippen molar-refractivity contribution in [2.24, 2.45) is 0 Å². The van der Waals surface area contributed by atoms with Crippen LogP contribution in [-0.4, -0.2) is 29.8 Å². The molecule has 0 radical (unpaired) electrons. The van der Waals surface area contributed by atoms with Crippen molar-refractivity contribution in [3.63, 3.8) is 0 Å². The van der Waals surface area contributed by atoms with Crippen LogP contribution in [0, 0.1) is 0 Å². The SMILES string of the molecule is CC(S)CN1CCCCC1. The molecule has 1 fully saturated rings. The second kappa shape index (κ2) is 4.24. The molecule has 0 spiro atoms. The van der Waals surface area contributed by atoms with Crippen molar-refractivity contribution < 1.29 is 0 Å². The van der Waals surface area contributed by atoms with E-state index in [0.29, 0.717) is 5.25 Å². The van der Waals surface area contributed by atoms with E-state index in [1.807, 2.05) is 0 Å². The maximum Gasteiger partial charge on any atom is 0.0116 e. The Labute approximate surface area is 69.2 Å². The van der Waals surface area contributed by atoms with Gasteiger partial charge in [0.05, 0.1) is 0 Å². The van der Waals surface area contributed by atoms with Gasteiger partial charge in [0.15, 0.2) is 0 Å². The maximum atomic E-state index is 4.37. The van der Waals surface area contributed by atoms with E-state index < -0.39 is 0 Å². The summed E-state index contributed by atoms with van der Waals surface area (Å²) in [6, 6.07) is 0. The smallest absolute Gasteiger partial charge is 0.0116 e. The molecule has 1 aliphatic heterocycles. The predicted molar refractivity (Wildman–Crippen MR) is 48.7 cm³/mol. The van der Waals surface area contributed by atoms with Gasteiger partial charge in [-0.3, -0.25) is 0 Å². The minimum Gasteiger partial charge on any atom is -0.302 e. The molecule has 0 amide bonds. The molecule has 1 nitrogen and oxygen atoms in total. The molecule has 0 saturated carbocycles. The first-order valence-corrected chi connectivity index (χ1v) is 4.71. The summed E-state index contributed by atoms with van der Waals surface area (Å²) in [7, 11) is 0. The van der Waals surface area contributed by atoms with Gasteiger partial charge in [-0.15, -0.1) is 0 Å². The topological polar surface area (TPSA) is 3.24 Å².